The Morgan fingerprint density at radius 2 is 0.967 bits per heavy atom. The van der Waals surface area contributed by atoms with E-state index in [2.05, 4.69) is 10.6 Å². The number of amides is 2. The molecule has 0 heterocycles. The Morgan fingerprint density at radius 3 is 1.30 bits per heavy atom. The standard InChI is InChI=1S/C24H26N4O2/c1-13-5-17(11-19(25)7-13)23(29)27-21-9-16(4)22(10-15(21)3)28-24(30)18-6-14(2)8-20(26)12-18/h5-12H,25-26H2,1-4H3,(H,27,29)(H,28,30). The van der Waals surface area contributed by atoms with E-state index in [4.69, 9.17) is 11.5 Å². The van der Waals surface area contributed by atoms with Crippen molar-refractivity contribution in [3.8, 4) is 0 Å². The molecule has 3 aromatic carbocycles. The third kappa shape index (κ3) is 4.78. The number of nitrogen functional groups attached to an aromatic ring is 2. The summed E-state index contributed by atoms with van der Waals surface area (Å²) >= 11 is 0. The number of carbonyl (C=O) groups is 2. The normalized spacial score (nSPS) is 10.5. The van der Waals surface area contributed by atoms with Crippen LogP contribution in [0, 0.1) is 27.7 Å². The van der Waals surface area contributed by atoms with Crippen LogP contribution in [0.1, 0.15) is 43.0 Å². The first kappa shape index (κ1) is 20.9. The lowest BCUT2D eigenvalue weighted by Crippen LogP contribution is -2.16. The number of anilines is 4. The van der Waals surface area contributed by atoms with Crippen molar-refractivity contribution < 1.29 is 9.59 Å². The van der Waals surface area contributed by atoms with Gasteiger partial charge in [0.2, 0.25) is 0 Å². The van der Waals surface area contributed by atoms with Crippen molar-refractivity contribution >= 4 is 34.6 Å². The van der Waals surface area contributed by atoms with Crippen LogP contribution < -0.4 is 22.1 Å². The summed E-state index contributed by atoms with van der Waals surface area (Å²) in [7, 11) is 0. The summed E-state index contributed by atoms with van der Waals surface area (Å²) in [6.45, 7) is 7.53. The summed E-state index contributed by atoms with van der Waals surface area (Å²) in [5.41, 5.74) is 18.6. The van der Waals surface area contributed by atoms with Gasteiger partial charge < -0.3 is 22.1 Å². The molecular formula is C24H26N4O2. The molecule has 0 radical (unpaired) electrons. The molecule has 6 N–H and O–H groups in total. The van der Waals surface area contributed by atoms with Crippen LogP contribution in [-0.4, -0.2) is 11.8 Å². The number of nitrogens with one attached hydrogen (secondary N) is 2. The molecule has 3 rings (SSSR count). The lowest BCUT2D eigenvalue weighted by molar-refractivity contribution is 0.101. The smallest absolute Gasteiger partial charge is 0.255 e. The van der Waals surface area contributed by atoms with Crippen molar-refractivity contribution in [1.82, 2.24) is 0 Å². The lowest BCUT2D eigenvalue weighted by Gasteiger charge is -2.15. The van der Waals surface area contributed by atoms with Gasteiger partial charge in [-0.25, -0.2) is 0 Å². The zero-order valence-electron chi connectivity index (χ0n) is 17.6. The van der Waals surface area contributed by atoms with E-state index in [1.807, 2.05) is 52.0 Å². The molecule has 0 saturated carbocycles. The number of aryl methyl sites for hydroxylation is 4. The Morgan fingerprint density at radius 1 is 0.600 bits per heavy atom. The molecule has 6 heteroatoms. The molecular weight excluding hydrogens is 376 g/mol. The maximum absolute atomic E-state index is 12.6. The van der Waals surface area contributed by atoms with E-state index < -0.39 is 0 Å². The summed E-state index contributed by atoms with van der Waals surface area (Å²) in [5.74, 6) is -0.472. The molecule has 0 aliphatic heterocycles. The first-order chi connectivity index (χ1) is 14.1. The Labute approximate surface area is 176 Å². The SMILES string of the molecule is Cc1cc(N)cc(C(=O)Nc2cc(C)c(NC(=O)c3cc(C)cc(N)c3)cc2C)c1. The number of nitrogens with two attached hydrogens (primary N) is 2. The van der Waals surface area contributed by atoms with Crippen LogP contribution >= 0.6 is 0 Å². The van der Waals surface area contributed by atoms with Crippen LogP contribution in [0.2, 0.25) is 0 Å². The van der Waals surface area contributed by atoms with Crippen molar-refractivity contribution in [2.24, 2.45) is 0 Å². The Hall–Kier alpha value is -3.80. The molecule has 3 aromatic rings. The highest BCUT2D eigenvalue weighted by Crippen LogP contribution is 2.26. The second kappa shape index (κ2) is 8.29. The predicted octanol–water partition coefficient (Wildman–Crippen LogP) is 4.59. The highest BCUT2D eigenvalue weighted by Gasteiger charge is 2.13. The van der Waals surface area contributed by atoms with Crippen molar-refractivity contribution in [3.05, 3.63) is 81.9 Å². The van der Waals surface area contributed by atoms with Gasteiger partial charge in [0.1, 0.15) is 0 Å². The third-order valence-electron chi connectivity index (χ3n) is 4.79. The van der Waals surface area contributed by atoms with Crippen LogP contribution in [0.3, 0.4) is 0 Å². The highest BCUT2D eigenvalue weighted by atomic mass is 16.2. The van der Waals surface area contributed by atoms with Gasteiger partial charge in [0, 0.05) is 33.9 Å². The molecule has 154 valence electrons. The maximum Gasteiger partial charge on any atom is 0.255 e. The van der Waals surface area contributed by atoms with Crippen molar-refractivity contribution in [3.63, 3.8) is 0 Å². The average molecular weight is 402 g/mol. The number of rotatable bonds is 4. The number of benzene rings is 3. The van der Waals surface area contributed by atoms with E-state index in [9.17, 15) is 9.59 Å². The zero-order valence-corrected chi connectivity index (χ0v) is 17.6. The zero-order chi connectivity index (χ0) is 22.0. The van der Waals surface area contributed by atoms with Gasteiger partial charge in [0.05, 0.1) is 0 Å². The summed E-state index contributed by atoms with van der Waals surface area (Å²) in [6, 6.07) is 14.2. The quantitative estimate of drug-likeness (QED) is 0.478. The summed E-state index contributed by atoms with van der Waals surface area (Å²) in [5, 5.41) is 5.85. The van der Waals surface area contributed by atoms with Crippen molar-refractivity contribution in [2.45, 2.75) is 27.7 Å². The topological polar surface area (TPSA) is 110 Å². The van der Waals surface area contributed by atoms with Crippen LogP contribution in [-0.2, 0) is 0 Å². The van der Waals surface area contributed by atoms with Crippen LogP contribution in [0.5, 0.6) is 0 Å². The minimum atomic E-state index is -0.236. The number of hydrogen-bond donors (Lipinski definition) is 4. The van der Waals surface area contributed by atoms with Gasteiger partial charge in [-0.3, -0.25) is 9.59 Å². The summed E-state index contributed by atoms with van der Waals surface area (Å²) < 4.78 is 0. The van der Waals surface area contributed by atoms with Gasteiger partial charge in [-0.15, -0.1) is 0 Å². The second-order valence-electron chi connectivity index (χ2n) is 7.66. The van der Waals surface area contributed by atoms with E-state index in [1.54, 1.807) is 24.3 Å². The first-order valence-corrected chi connectivity index (χ1v) is 9.60. The van der Waals surface area contributed by atoms with E-state index >= 15 is 0 Å². The Kier molecular flexibility index (Phi) is 5.78. The molecule has 2 amide bonds. The minimum Gasteiger partial charge on any atom is -0.399 e. The van der Waals surface area contributed by atoms with Gasteiger partial charge in [0.15, 0.2) is 0 Å². The van der Waals surface area contributed by atoms with Crippen LogP contribution in [0.4, 0.5) is 22.7 Å². The largest absolute Gasteiger partial charge is 0.399 e. The van der Waals surface area contributed by atoms with E-state index in [-0.39, 0.29) is 11.8 Å². The van der Waals surface area contributed by atoms with Gasteiger partial charge in [-0.1, -0.05) is 0 Å². The monoisotopic (exact) mass is 402 g/mol. The molecule has 6 nitrogen and oxygen atoms in total. The van der Waals surface area contributed by atoms with Crippen LogP contribution in [0.25, 0.3) is 0 Å². The fourth-order valence-electron chi connectivity index (χ4n) is 3.36. The van der Waals surface area contributed by atoms with E-state index in [1.165, 1.54) is 0 Å². The molecule has 0 spiro atoms. The summed E-state index contributed by atoms with van der Waals surface area (Å²) in [6.07, 6.45) is 0. The van der Waals surface area contributed by atoms with Gasteiger partial charge in [-0.05, 0) is 98.5 Å². The molecule has 0 aromatic heterocycles. The molecule has 0 saturated heterocycles. The van der Waals surface area contributed by atoms with Gasteiger partial charge >= 0.3 is 0 Å². The highest BCUT2D eigenvalue weighted by molar-refractivity contribution is 6.07. The fourth-order valence-corrected chi connectivity index (χ4v) is 3.36. The molecule has 30 heavy (non-hydrogen) atoms. The van der Waals surface area contributed by atoms with Crippen molar-refractivity contribution in [1.29, 1.82) is 0 Å². The molecule has 0 bridgehead atoms. The predicted molar refractivity (Wildman–Crippen MR) is 123 cm³/mol. The molecule has 0 aliphatic carbocycles. The average Bonchev–Trinajstić information content (AvgIpc) is 2.64. The molecule has 0 atom stereocenters. The number of hydrogen-bond acceptors (Lipinski definition) is 4. The first-order valence-electron chi connectivity index (χ1n) is 9.60. The molecule has 0 fully saturated rings. The lowest BCUT2D eigenvalue weighted by atomic mass is 10.1. The fraction of sp³-hybridized carbons (Fsp3) is 0.167. The Bertz CT molecular complexity index is 1020. The van der Waals surface area contributed by atoms with E-state index in [0.29, 0.717) is 33.9 Å². The molecule has 0 unspecified atom stereocenters. The third-order valence-corrected chi connectivity index (χ3v) is 4.79. The van der Waals surface area contributed by atoms with Crippen LogP contribution in [0.15, 0.2) is 48.5 Å². The second-order valence-corrected chi connectivity index (χ2v) is 7.66. The summed E-state index contributed by atoms with van der Waals surface area (Å²) in [4.78, 5) is 25.3. The molecule has 0 aliphatic rings. The Balaban J connectivity index is 1.81. The number of carbonyl (C=O) groups excluding carboxylic acids is 2. The van der Waals surface area contributed by atoms with Gasteiger partial charge in [-0.2, -0.15) is 0 Å². The minimum absolute atomic E-state index is 0.236. The van der Waals surface area contributed by atoms with Crippen molar-refractivity contribution in [2.75, 3.05) is 22.1 Å². The maximum atomic E-state index is 12.6. The van der Waals surface area contributed by atoms with Gasteiger partial charge in [0.25, 0.3) is 11.8 Å². The van der Waals surface area contributed by atoms with E-state index in [0.717, 1.165) is 22.3 Å².